The third-order valence-corrected chi connectivity index (χ3v) is 1.31. The smallest absolute Gasteiger partial charge is 0.0715 e. The van der Waals surface area contributed by atoms with E-state index < -0.39 is 5.60 Å². The summed E-state index contributed by atoms with van der Waals surface area (Å²) in [4.78, 5) is 0. The van der Waals surface area contributed by atoms with E-state index in [4.69, 9.17) is 6.42 Å². The van der Waals surface area contributed by atoms with Crippen LogP contribution in [0.2, 0.25) is 0 Å². The van der Waals surface area contributed by atoms with Crippen LogP contribution in [0.3, 0.4) is 0 Å². The van der Waals surface area contributed by atoms with Crippen LogP contribution in [0.25, 0.3) is 0 Å². The van der Waals surface area contributed by atoms with Crippen molar-refractivity contribution in [2.24, 2.45) is 0 Å². The molecule has 2 N–H and O–H groups in total. The van der Waals surface area contributed by atoms with Gasteiger partial charge in [0.1, 0.15) is 0 Å². The van der Waals surface area contributed by atoms with Gasteiger partial charge in [0.25, 0.3) is 0 Å². The summed E-state index contributed by atoms with van der Waals surface area (Å²) in [6.07, 6.45) is 5.82. The number of aliphatic hydroxyl groups is 1. The molecule has 0 radical (unpaired) electrons. The summed E-state index contributed by atoms with van der Waals surface area (Å²) in [7, 11) is 0. The van der Waals surface area contributed by atoms with Crippen LogP contribution in [-0.4, -0.2) is 23.3 Å². The van der Waals surface area contributed by atoms with E-state index >= 15 is 0 Å². The minimum absolute atomic E-state index is 0.284. The molecular formula is C9H17NO. The molecule has 1 atom stereocenters. The van der Waals surface area contributed by atoms with E-state index in [9.17, 15) is 5.11 Å². The molecule has 0 bridgehead atoms. The zero-order chi connectivity index (χ0) is 8.91. The standard InChI is InChI=1S/C9H17NO/c1-5-6-8(2)10-7-9(3,4)11/h1,8,10-11H,6-7H2,2-4H3. The maximum Gasteiger partial charge on any atom is 0.0715 e. The van der Waals surface area contributed by atoms with Crippen LogP contribution >= 0.6 is 0 Å². The Morgan fingerprint density at radius 1 is 1.64 bits per heavy atom. The van der Waals surface area contributed by atoms with Crippen molar-refractivity contribution < 1.29 is 5.11 Å². The Labute approximate surface area is 69.0 Å². The lowest BCUT2D eigenvalue weighted by atomic mass is 10.1. The second-order valence-corrected chi connectivity index (χ2v) is 3.50. The van der Waals surface area contributed by atoms with E-state index in [1.54, 1.807) is 13.8 Å². The van der Waals surface area contributed by atoms with Crippen molar-refractivity contribution in [2.75, 3.05) is 6.54 Å². The van der Waals surface area contributed by atoms with Crippen LogP contribution in [0, 0.1) is 12.3 Å². The zero-order valence-corrected chi connectivity index (χ0v) is 7.52. The monoisotopic (exact) mass is 155 g/mol. The highest BCUT2D eigenvalue weighted by Gasteiger charge is 2.12. The molecule has 64 valence electrons. The molecular weight excluding hydrogens is 138 g/mol. The number of terminal acetylenes is 1. The molecule has 0 heterocycles. The minimum Gasteiger partial charge on any atom is -0.389 e. The Hall–Kier alpha value is -0.520. The second-order valence-electron chi connectivity index (χ2n) is 3.50. The molecule has 0 aromatic carbocycles. The average molecular weight is 155 g/mol. The van der Waals surface area contributed by atoms with Crippen molar-refractivity contribution >= 4 is 0 Å². The predicted octanol–water partition coefficient (Wildman–Crippen LogP) is 0.759. The lowest BCUT2D eigenvalue weighted by molar-refractivity contribution is 0.0772. The largest absolute Gasteiger partial charge is 0.389 e. The molecule has 11 heavy (non-hydrogen) atoms. The fraction of sp³-hybridized carbons (Fsp3) is 0.778. The Morgan fingerprint density at radius 3 is 2.55 bits per heavy atom. The Kier molecular flexibility index (Phi) is 4.17. The summed E-state index contributed by atoms with van der Waals surface area (Å²) >= 11 is 0. The summed E-state index contributed by atoms with van der Waals surface area (Å²) < 4.78 is 0. The van der Waals surface area contributed by atoms with Gasteiger partial charge in [0.2, 0.25) is 0 Å². The molecule has 2 heteroatoms. The van der Waals surface area contributed by atoms with Crippen molar-refractivity contribution in [1.82, 2.24) is 5.32 Å². The first-order valence-corrected chi connectivity index (χ1v) is 3.85. The highest BCUT2D eigenvalue weighted by Crippen LogP contribution is 1.99. The minimum atomic E-state index is -0.650. The van der Waals surface area contributed by atoms with Crippen LogP contribution in [0.15, 0.2) is 0 Å². The molecule has 0 aromatic heterocycles. The molecule has 0 aliphatic rings. The van der Waals surface area contributed by atoms with Crippen molar-refractivity contribution in [3.63, 3.8) is 0 Å². The van der Waals surface area contributed by atoms with E-state index in [0.29, 0.717) is 13.0 Å². The van der Waals surface area contributed by atoms with E-state index in [0.717, 1.165) is 0 Å². The maximum absolute atomic E-state index is 9.32. The molecule has 0 saturated heterocycles. The number of nitrogens with one attached hydrogen (secondary N) is 1. The van der Waals surface area contributed by atoms with Crippen molar-refractivity contribution in [1.29, 1.82) is 0 Å². The van der Waals surface area contributed by atoms with Crippen molar-refractivity contribution in [3.8, 4) is 12.3 Å². The molecule has 0 aliphatic heterocycles. The van der Waals surface area contributed by atoms with Gasteiger partial charge in [0, 0.05) is 19.0 Å². The molecule has 0 aromatic rings. The quantitative estimate of drug-likeness (QED) is 0.587. The van der Waals surface area contributed by atoms with Crippen LogP contribution in [0.4, 0.5) is 0 Å². The summed E-state index contributed by atoms with van der Waals surface area (Å²) in [6, 6.07) is 0.284. The van der Waals surface area contributed by atoms with Gasteiger partial charge >= 0.3 is 0 Å². The van der Waals surface area contributed by atoms with Gasteiger partial charge in [-0.2, -0.15) is 0 Å². The topological polar surface area (TPSA) is 32.3 Å². The van der Waals surface area contributed by atoms with Gasteiger partial charge in [0.15, 0.2) is 0 Å². The first-order valence-electron chi connectivity index (χ1n) is 3.85. The lowest BCUT2D eigenvalue weighted by Gasteiger charge is -2.20. The van der Waals surface area contributed by atoms with Gasteiger partial charge in [-0.25, -0.2) is 0 Å². The molecule has 1 unspecified atom stereocenters. The lowest BCUT2D eigenvalue weighted by Crippen LogP contribution is -2.39. The first kappa shape index (κ1) is 10.5. The van der Waals surface area contributed by atoms with Crippen LogP contribution in [-0.2, 0) is 0 Å². The molecule has 0 saturated carbocycles. The third kappa shape index (κ3) is 7.38. The Morgan fingerprint density at radius 2 is 2.18 bits per heavy atom. The second kappa shape index (κ2) is 4.38. The summed E-state index contributed by atoms with van der Waals surface area (Å²) in [6.45, 7) is 6.12. The predicted molar refractivity (Wildman–Crippen MR) is 47.2 cm³/mol. The van der Waals surface area contributed by atoms with Gasteiger partial charge in [0.05, 0.1) is 5.60 Å². The molecule has 0 rings (SSSR count). The Bertz CT molecular complexity index is 141. The van der Waals surface area contributed by atoms with E-state index in [1.165, 1.54) is 0 Å². The van der Waals surface area contributed by atoms with E-state index in [2.05, 4.69) is 11.2 Å². The number of rotatable bonds is 4. The summed E-state index contributed by atoms with van der Waals surface area (Å²) in [5, 5.41) is 12.5. The van der Waals surface area contributed by atoms with Gasteiger partial charge < -0.3 is 10.4 Å². The summed E-state index contributed by atoms with van der Waals surface area (Å²) in [5.74, 6) is 2.56. The van der Waals surface area contributed by atoms with Gasteiger partial charge in [-0.3, -0.25) is 0 Å². The van der Waals surface area contributed by atoms with E-state index in [-0.39, 0.29) is 6.04 Å². The van der Waals surface area contributed by atoms with Gasteiger partial charge in [-0.15, -0.1) is 12.3 Å². The van der Waals surface area contributed by atoms with Crippen LogP contribution in [0.5, 0.6) is 0 Å². The fourth-order valence-electron chi connectivity index (χ4n) is 0.673. The third-order valence-electron chi connectivity index (χ3n) is 1.31. The first-order chi connectivity index (χ1) is 4.95. The molecule has 0 amide bonds. The normalized spacial score (nSPS) is 14.1. The van der Waals surface area contributed by atoms with Gasteiger partial charge in [-0.1, -0.05) is 0 Å². The molecule has 0 spiro atoms. The van der Waals surface area contributed by atoms with Crippen LogP contribution in [0.1, 0.15) is 27.2 Å². The maximum atomic E-state index is 9.32. The summed E-state index contributed by atoms with van der Waals surface area (Å²) in [5.41, 5.74) is -0.650. The SMILES string of the molecule is C#CCC(C)NCC(C)(C)O. The van der Waals surface area contributed by atoms with Gasteiger partial charge in [-0.05, 0) is 20.8 Å². The van der Waals surface area contributed by atoms with Crippen LogP contribution < -0.4 is 5.32 Å². The molecule has 0 aliphatic carbocycles. The number of hydrogen-bond acceptors (Lipinski definition) is 2. The van der Waals surface area contributed by atoms with Crippen molar-refractivity contribution in [2.45, 2.75) is 38.8 Å². The highest BCUT2D eigenvalue weighted by molar-refractivity contribution is 4.88. The molecule has 2 nitrogen and oxygen atoms in total. The Balaban J connectivity index is 3.48. The zero-order valence-electron chi connectivity index (χ0n) is 7.52. The number of hydrogen-bond donors (Lipinski definition) is 2. The van der Waals surface area contributed by atoms with E-state index in [1.807, 2.05) is 6.92 Å². The highest BCUT2D eigenvalue weighted by atomic mass is 16.3. The average Bonchev–Trinajstić information content (AvgIpc) is 1.83. The van der Waals surface area contributed by atoms with Crippen molar-refractivity contribution in [3.05, 3.63) is 0 Å². The molecule has 0 fully saturated rings. The fourth-order valence-corrected chi connectivity index (χ4v) is 0.673.